The van der Waals surface area contributed by atoms with E-state index in [1.54, 1.807) is 0 Å². The molecule has 1 aromatic heterocycles. The van der Waals surface area contributed by atoms with Gasteiger partial charge in [0, 0.05) is 12.5 Å². The summed E-state index contributed by atoms with van der Waals surface area (Å²) in [5.74, 6) is 2.21. The van der Waals surface area contributed by atoms with E-state index in [1.807, 2.05) is 44.2 Å². The Morgan fingerprint density at radius 3 is 2.75 bits per heavy atom. The minimum Gasteiger partial charge on any atom is -0.478 e. The van der Waals surface area contributed by atoms with Crippen molar-refractivity contribution in [3.8, 4) is 5.75 Å². The lowest BCUT2D eigenvalue weighted by molar-refractivity contribution is 0.0692. The predicted octanol–water partition coefficient (Wildman–Crippen LogP) is 2.89. The van der Waals surface area contributed by atoms with Crippen LogP contribution in [-0.2, 0) is 10.3 Å². The van der Waals surface area contributed by atoms with Crippen molar-refractivity contribution in [1.29, 1.82) is 0 Å². The molecule has 2 heterocycles. The monoisotopic (exact) mass is 274 g/mol. The van der Waals surface area contributed by atoms with Gasteiger partial charge in [-0.3, -0.25) is 0 Å². The molecule has 2 aromatic rings. The molecule has 1 aliphatic rings. The number of hydrogen-bond acceptors (Lipinski definition) is 5. The van der Waals surface area contributed by atoms with Gasteiger partial charge in [-0.25, -0.2) is 0 Å². The second-order valence-corrected chi connectivity index (χ2v) is 5.44. The summed E-state index contributed by atoms with van der Waals surface area (Å²) >= 11 is 0. The lowest BCUT2D eigenvalue weighted by Gasteiger charge is -2.22. The van der Waals surface area contributed by atoms with Gasteiger partial charge in [-0.15, -0.1) is 0 Å². The van der Waals surface area contributed by atoms with Crippen molar-refractivity contribution in [2.75, 3.05) is 13.2 Å². The summed E-state index contributed by atoms with van der Waals surface area (Å²) < 4.78 is 16.7. The van der Waals surface area contributed by atoms with Gasteiger partial charge < -0.3 is 14.0 Å². The molecule has 0 aliphatic carbocycles. The standard InChI is InChI=1S/C15H18N2O3/c1-15(2,19-12-6-4-3-5-7-12)14-16-13(17-20-14)11-8-9-18-10-11/h3-7,11H,8-10H2,1-2H3. The van der Waals surface area contributed by atoms with Crippen LogP contribution in [0.15, 0.2) is 34.9 Å². The molecule has 1 fully saturated rings. The molecule has 1 aliphatic heterocycles. The van der Waals surface area contributed by atoms with Crippen LogP contribution >= 0.6 is 0 Å². The fourth-order valence-electron chi connectivity index (χ4n) is 2.21. The van der Waals surface area contributed by atoms with E-state index in [2.05, 4.69) is 10.1 Å². The third kappa shape index (κ3) is 2.67. The van der Waals surface area contributed by atoms with E-state index in [0.717, 1.165) is 18.8 Å². The molecule has 1 unspecified atom stereocenters. The molecule has 1 saturated heterocycles. The molecule has 0 bridgehead atoms. The van der Waals surface area contributed by atoms with Gasteiger partial charge in [0.1, 0.15) is 5.75 Å². The maximum atomic E-state index is 5.94. The van der Waals surface area contributed by atoms with E-state index >= 15 is 0 Å². The molecule has 1 atom stereocenters. The van der Waals surface area contributed by atoms with Crippen molar-refractivity contribution < 1.29 is 14.0 Å². The van der Waals surface area contributed by atoms with Gasteiger partial charge in [0.15, 0.2) is 11.4 Å². The van der Waals surface area contributed by atoms with Crippen molar-refractivity contribution in [3.63, 3.8) is 0 Å². The summed E-state index contributed by atoms with van der Waals surface area (Å²) in [4.78, 5) is 4.48. The highest BCUT2D eigenvalue weighted by molar-refractivity contribution is 5.22. The Hall–Kier alpha value is -1.88. The predicted molar refractivity (Wildman–Crippen MR) is 72.6 cm³/mol. The number of aromatic nitrogens is 2. The number of rotatable bonds is 4. The van der Waals surface area contributed by atoms with Crippen molar-refractivity contribution in [2.24, 2.45) is 0 Å². The van der Waals surface area contributed by atoms with Crippen LogP contribution in [0.2, 0.25) is 0 Å². The van der Waals surface area contributed by atoms with Gasteiger partial charge in [0.2, 0.25) is 0 Å². The summed E-state index contributed by atoms with van der Waals surface area (Å²) in [5.41, 5.74) is -0.661. The summed E-state index contributed by atoms with van der Waals surface area (Å²) in [6, 6.07) is 9.62. The average molecular weight is 274 g/mol. The quantitative estimate of drug-likeness (QED) is 0.858. The number of hydrogen-bond donors (Lipinski definition) is 0. The maximum absolute atomic E-state index is 5.94. The van der Waals surface area contributed by atoms with Gasteiger partial charge in [-0.1, -0.05) is 23.4 Å². The molecule has 20 heavy (non-hydrogen) atoms. The van der Waals surface area contributed by atoms with E-state index in [9.17, 15) is 0 Å². The van der Waals surface area contributed by atoms with Crippen LogP contribution in [0.5, 0.6) is 5.75 Å². The van der Waals surface area contributed by atoms with E-state index in [1.165, 1.54) is 0 Å². The lowest BCUT2D eigenvalue weighted by Crippen LogP contribution is -2.25. The average Bonchev–Trinajstić information content (AvgIpc) is 3.11. The molecule has 3 rings (SSSR count). The van der Waals surface area contributed by atoms with E-state index in [4.69, 9.17) is 14.0 Å². The van der Waals surface area contributed by atoms with Crippen molar-refractivity contribution in [3.05, 3.63) is 42.0 Å². The highest BCUT2D eigenvalue weighted by atomic mass is 16.5. The first kappa shape index (κ1) is 13.1. The Morgan fingerprint density at radius 1 is 1.25 bits per heavy atom. The minimum absolute atomic E-state index is 0.236. The third-order valence-corrected chi connectivity index (χ3v) is 3.37. The summed E-state index contributed by atoms with van der Waals surface area (Å²) in [6.07, 6.45) is 0.943. The van der Waals surface area contributed by atoms with Gasteiger partial charge in [-0.05, 0) is 32.4 Å². The van der Waals surface area contributed by atoms with Crippen LogP contribution in [0, 0.1) is 0 Å². The fourth-order valence-corrected chi connectivity index (χ4v) is 2.21. The van der Waals surface area contributed by atoms with E-state index < -0.39 is 5.60 Å². The second-order valence-electron chi connectivity index (χ2n) is 5.44. The number of para-hydroxylation sites is 1. The van der Waals surface area contributed by atoms with Gasteiger partial charge >= 0.3 is 0 Å². The summed E-state index contributed by atoms with van der Waals surface area (Å²) in [5, 5.41) is 4.06. The van der Waals surface area contributed by atoms with Crippen LogP contribution in [-0.4, -0.2) is 23.4 Å². The van der Waals surface area contributed by atoms with Gasteiger partial charge in [0.25, 0.3) is 5.89 Å². The van der Waals surface area contributed by atoms with Crippen LogP contribution in [0.3, 0.4) is 0 Å². The first-order valence-corrected chi connectivity index (χ1v) is 6.81. The van der Waals surface area contributed by atoms with Crippen molar-refractivity contribution in [1.82, 2.24) is 10.1 Å². The minimum atomic E-state index is -0.661. The number of ether oxygens (including phenoxy) is 2. The topological polar surface area (TPSA) is 57.4 Å². The lowest BCUT2D eigenvalue weighted by atomic mass is 10.1. The van der Waals surface area contributed by atoms with Gasteiger partial charge in [-0.2, -0.15) is 4.98 Å². The zero-order valence-electron chi connectivity index (χ0n) is 11.7. The van der Waals surface area contributed by atoms with Gasteiger partial charge in [0.05, 0.1) is 6.61 Å². The Balaban J connectivity index is 1.77. The maximum Gasteiger partial charge on any atom is 0.270 e. The highest BCUT2D eigenvalue weighted by Gasteiger charge is 2.32. The molecule has 106 valence electrons. The molecule has 1 aromatic carbocycles. The summed E-state index contributed by atoms with van der Waals surface area (Å²) in [6.45, 7) is 5.27. The second kappa shape index (κ2) is 5.25. The van der Waals surface area contributed by atoms with E-state index in [0.29, 0.717) is 18.3 Å². The first-order chi connectivity index (χ1) is 9.65. The van der Waals surface area contributed by atoms with Crippen LogP contribution in [0.4, 0.5) is 0 Å². The molecule has 0 amide bonds. The first-order valence-electron chi connectivity index (χ1n) is 6.81. The molecule has 5 nitrogen and oxygen atoms in total. The Morgan fingerprint density at radius 2 is 2.05 bits per heavy atom. The molecular weight excluding hydrogens is 256 g/mol. The molecular formula is C15H18N2O3. The normalized spacial score (nSPS) is 19.2. The third-order valence-electron chi connectivity index (χ3n) is 3.37. The Bertz CT molecular complexity index is 560. The summed E-state index contributed by atoms with van der Waals surface area (Å²) in [7, 11) is 0. The number of nitrogens with zero attached hydrogens (tertiary/aromatic N) is 2. The number of benzene rings is 1. The van der Waals surface area contributed by atoms with E-state index in [-0.39, 0.29) is 5.92 Å². The zero-order chi connectivity index (χ0) is 14.0. The zero-order valence-corrected chi connectivity index (χ0v) is 11.7. The Labute approximate surface area is 117 Å². The SMILES string of the molecule is CC(C)(Oc1ccccc1)c1nc(C2CCOC2)no1. The largest absolute Gasteiger partial charge is 0.478 e. The van der Waals surface area contributed by atoms with Crippen molar-refractivity contribution in [2.45, 2.75) is 31.8 Å². The fraction of sp³-hybridized carbons (Fsp3) is 0.467. The van der Waals surface area contributed by atoms with Crippen LogP contribution in [0.25, 0.3) is 0 Å². The smallest absolute Gasteiger partial charge is 0.270 e. The Kier molecular flexibility index (Phi) is 3.44. The van der Waals surface area contributed by atoms with Crippen molar-refractivity contribution >= 4 is 0 Å². The highest BCUT2D eigenvalue weighted by Crippen LogP contribution is 2.29. The molecule has 0 saturated carbocycles. The van der Waals surface area contributed by atoms with Crippen LogP contribution < -0.4 is 4.74 Å². The molecule has 0 radical (unpaired) electrons. The molecule has 0 spiro atoms. The molecule has 5 heteroatoms. The molecule has 0 N–H and O–H groups in total. The van der Waals surface area contributed by atoms with Crippen LogP contribution in [0.1, 0.15) is 37.9 Å².